The standard InChI is InChI=1S/C22H33ClN6O/c1-3-4-7-20(22-24-25-26-29(22)16-19-6-5-14-30-19)27-10-12-28(13-11-27)21-15-18(23)9-8-17(21)2/h8-9,15,19-20H,3-7,10-14,16H2,1-2H3/p+1/t19-,20-/m0/s1. The normalized spacial score (nSPS) is 21.3. The van der Waals surface area contributed by atoms with Crippen LogP contribution in [0.15, 0.2) is 18.2 Å². The maximum atomic E-state index is 6.26. The van der Waals surface area contributed by atoms with Crippen molar-refractivity contribution in [3.63, 3.8) is 0 Å². The van der Waals surface area contributed by atoms with E-state index in [2.05, 4.69) is 46.4 Å². The Kier molecular flexibility index (Phi) is 7.23. The van der Waals surface area contributed by atoms with Crippen LogP contribution in [0.4, 0.5) is 5.69 Å². The number of rotatable bonds is 8. The minimum absolute atomic E-state index is 0.247. The van der Waals surface area contributed by atoms with Crippen molar-refractivity contribution in [2.24, 2.45) is 0 Å². The number of tetrazole rings is 1. The molecule has 0 spiro atoms. The Bertz CT molecular complexity index is 814. The molecule has 2 atom stereocenters. The van der Waals surface area contributed by atoms with Gasteiger partial charge in [0.25, 0.3) is 0 Å². The summed E-state index contributed by atoms with van der Waals surface area (Å²) in [6.45, 7) is 10.2. The monoisotopic (exact) mass is 433 g/mol. The number of benzene rings is 1. The van der Waals surface area contributed by atoms with Crippen LogP contribution >= 0.6 is 11.6 Å². The lowest BCUT2D eigenvalue weighted by atomic mass is 10.1. The first-order valence-corrected chi connectivity index (χ1v) is 11.8. The molecule has 0 amide bonds. The van der Waals surface area contributed by atoms with E-state index < -0.39 is 0 Å². The molecule has 8 heteroatoms. The van der Waals surface area contributed by atoms with Crippen LogP contribution in [0.1, 0.15) is 56.5 Å². The number of aryl methyl sites for hydroxylation is 1. The second-order valence-corrected chi connectivity index (χ2v) is 9.06. The average molecular weight is 434 g/mol. The molecule has 2 aliphatic rings. The third-order valence-corrected chi connectivity index (χ3v) is 6.76. The van der Waals surface area contributed by atoms with Crippen LogP contribution in [0.5, 0.6) is 0 Å². The number of ether oxygens (including phenoxy) is 1. The number of unbranched alkanes of at least 4 members (excludes halogenated alkanes) is 1. The molecule has 2 saturated heterocycles. The molecule has 164 valence electrons. The summed E-state index contributed by atoms with van der Waals surface area (Å²) in [5.74, 6) is 1.03. The number of hydrogen-bond acceptors (Lipinski definition) is 5. The van der Waals surface area contributed by atoms with Crippen LogP contribution in [0.2, 0.25) is 5.02 Å². The Labute approximate surface area is 184 Å². The number of anilines is 1. The van der Waals surface area contributed by atoms with Gasteiger partial charge in [0.1, 0.15) is 6.04 Å². The van der Waals surface area contributed by atoms with Crippen LogP contribution < -0.4 is 9.80 Å². The van der Waals surface area contributed by atoms with Crippen LogP contribution in [-0.4, -0.2) is 59.1 Å². The molecule has 2 aromatic rings. The van der Waals surface area contributed by atoms with E-state index in [-0.39, 0.29) is 6.10 Å². The van der Waals surface area contributed by atoms with Gasteiger partial charge in [-0.15, -0.1) is 5.10 Å². The maximum Gasteiger partial charge on any atom is 0.209 e. The summed E-state index contributed by atoms with van der Waals surface area (Å²) in [5.41, 5.74) is 2.54. The second-order valence-electron chi connectivity index (χ2n) is 8.63. The summed E-state index contributed by atoms with van der Waals surface area (Å²) in [6.07, 6.45) is 5.98. The zero-order valence-corrected chi connectivity index (χ0v) is 18.9. The van der Waals surface area contributed by atoms with Crippen LogP contribution in [0.25, 0.3) is 0 Å². The molecule has 2 aliphatic heterocycles. The Balaban J connectivity index is 1.46. The first-order chi connectivity index (χ1) is 14.7. The molecule has 0 aliphatic carbocycles. The van der Waals surface area contributed by atoms with E-state index in [0.717, 1.165) is 69.4 Å². The number of hydrogen-bond donors (Lipinski definition) is 1. The topological polar surface area (TPSA) is 60.5 Å². The fraction of sp³-hybridized carbons (Fsp3) is 0.682. The second kappa shape index (κ2) is 10.1. The summed E-state index contributed by atoms with van der Waals surface area (Å²) in [7, 11) is 0. The van der Waals surface area contributed by atoms with Crippen molar-refractivity contribution in [3.05, 3.63) is 34.6 Å². The maximum absolute atomic E-state index is 6.26. The number of piperazine rings is 1. The molecule has 0 bridgehead atoms. The molecule has 1 N–H and O–H groups in total. The highest BCUT2D eigenvalue weighted by Crippen LogP contribution is 2.25. The zero-order valence-electron chi connectivity index (χ0n) is 18.2. The van der Waals surface area contributed by atoms with E-state index in [1.165, 1.54) is 24.1 Å². The van der Waals surface area contributed by atoms with E-state index in [4.69, 9.17) is 16.3 Å². The minimum Gasteiger partial charge on any atom is -0.376 e. The van der Waals surface area contributed by atoms with Gasteiger partial charge >= 0.3 is 0 Å². The fourth-order valence-corrected chi connectivity index (χ4v) is 4.97. The molecule has 1 aromatic heterocycles. The van der Waals surface area contributed by atoms with Gasteiger partial charge in [-0.2, -0.15) is 0 Å². The highest BCUT2D eigenvalue weighted by molar-refractivity contribution is 6.30. The van der Waals surface area contributed by atoms with Gasteiger partial charge in [0.05, 0.1) is 38.8 Å². The SMILES string of the molecule is CCCC[C@@H](c1nnnn1C[C@@H]1CCCO1)[NH+]1CCN(c2cc(Cl)ccc2C)CC1. The summed E-state index contributed by atoms with van der Waals surface area (Å²) in [4.78, 5) is 4.06. The van der Waals surface area contributed by atoms with E-state index in [1.807, 2.05) is 10.7 Å². The van der Waals surface area contributed by atoms with E-state index >= 15 is 0 Å². The van der Waals surface area contributed by atoms with Gasteiger partial charge in [-0.25, -0.2) is 4.68 Å². The molecule has 30 heavy (non-hydrogen) atoms. The summed E-state index contributed by atoms with van der Waals surface area (Å²) in [5, 5.41) is 13.7. The molecule has 3 heterocycles. The van der Waals surface area contributed by atoms with Crippen LogP contribution in [0, 0.1) is 6.92 Å². The Morgan fingerprint density at radius 3 is 2.87 bits per heavy atom. The highest BCUT2D eigenvalue weighted by atomic mass is 35.5. The molecule has 7 nitrogen and oxygen atoms in total. The first-order valence-electron chi connectivity index (χ1n) is 11.4. The Morgan fingerprint density at radius 2 is 2.13 bits per heavy atom. The Morgan fingerprint density at radius 1 is 1.30 bits per heavy atom. The lowest BCUT2D eigenvalue weighted by Crippen LogP contribution is -3.15. The molecular weight excluding hydrogens is 400 g/mol. The van der Waals surface area contributed by atoms with Gasteiger partial charge in [-0.1, -0.05) is 31.0 Å². The molecule has 4 rings (SSSR count). The van der Waals surface area contributed by atoms with Gasteiger partial charge in [0.15, 0.2) is 0 Å². The lowest BCUT2D eigenvalue weighted by molar-refractivity contribution is -0.933. The summed E-state index contributed by atoms with van der Waals surface area (Å²) >= 11 is 6.26. The van der Waals surface area contributed by atoms with E-state index in [9.17, 15) is 0 Å². The van der Waals surface area contributed by atoms with Gasteiger partial charge in [-0.05, 0) is 54.3 Å². The largest absolute Gasteiger partial charge is 0.376 e. The van der Waals surface area contributed by atoms with Gasteiger partial charge in [0, 0.05) is 23.7 Å². The van der Waals surface area contributed by atoms with Crippen molar-refractivity contribution in [3.8, 4) is 0 Å². The molecule has 1 aromatic carbocycles. The molecule has 2 fully saturated rings. The third kappa shape index (κ3) is 4.95. The highest BCUT2D eigenvalue weighted by Gasteiger charge is 2.33. The lowest BCUT2D eigenvalue weighted by Gasteiger charge is -2.37. The smallest absolute Gasteiger partial charge is 0.209 e. The van der Waals surface area contributed by atoms with E-state index in [1.54, 1.807) is 4.90 Å². The van der Waals surface area contributed by atoms with E-state index in [0.29, 0.717) is 6.04 Å². The van der Waals surface area contributed by atoms with Gasteiger partial charge in [-0.3, -0.25) is 0 Å². The predicted molar refractivity (Wildman–Crippen MR) is 118 cm³/mol. The minimum atomic E-state index is 0.247. The van der Waals surface area contributed by atoms with Crippen molar-refractivity contribution < 1.29 is 9.64 Å². The van der Waals surface area contributed by atoms with Crippen molar-refractivity contribution in [1.29, 1.82) is 0 Å². The quantitative estimate of drug-likeness (QED) is 0.692. The number of aromatic nitrogens is 4. The number of halogens is 1. The van der Waals surface area contributed by atoms with Crippen LogP contribution in [-0.2, 0) is 11.3 Å². The molecule has 0 saturated carbocycles. The number of quaternary nitrogens is 1. The van der Waals surface area contributed by atoms with Crippen molar-refractivity contribution in [1.82, 2.24) is 20.2 Å². The predicted octanol–water partition coefficient (Wildman–Crippen LogP) is 2.45. The van der Waals surface area contributed by atoms with Crippen LogP contribution in [0.3, 0.4) is 0 Å². The summed E-state index contributed by atoms with van der Waals surface area (Å²) < 4.78 is 7.84. The number of nitrogens with zero attached hydrogens (tertiary/aromatic N) is 5. The van der Waals surface area contributed by atoms with Gasteiger partial charge < -0.3 is 14.5 Å². The fourth-order valence-electron chi connectivity index (χ4n) is 4.80. The summed E-state index contributed by atoms with van der Waals surface area (Å²) in [6, 6.07) is 6.51. The average Bonchev–Trinajstić information content (AvgIpc) is 3.44. The van der Waals surface area contributed by atoms with Gasteiger partial charge in [0.2, 0.25) is 5.82 Å². The molecular formula is C22H34ClN6O+. The zero-order chi connectivity index (χ0) is 20.9. The Hall–Kier alpha value is -1.70. The first kappa shape index (κ1) is 21.5. The van der Waals surface area contributed by atoms with Crippen molar-refractivity contribution >= 4 is 17.3 Å². The van der Waals surface area contributed by atoms with Crippen molar-refractivity contribution in [2.45, 2.75) is 64.6 Å². The van der Waals surface area contributed by atoms with Crippen molar-refractivity contribution in [2.75, 3.05) is 37.7 Å². The molecule has 0 radical (unpaired) electrons. The number of nitrogens with one attached hydrogen (secondary N) is 1. The molecule has 0 unspecified atom stereocenters. The third-order valence-electron chi connectivity index (χ3n) is 6.53.